The highest BCUT2D eigenvalue weighted by Gasteiger charge is 2.25. The molecule has 3 aromatic carbocycles. The first-order valence-corrected chi connectivity index (χ1v) is 11.5. The van der Waals surface area contributed by atoms with Gasteiger partial charge in [-0.25, -0.2) is 8.42 Å². The Morgan fingerprint density at radius 2 is 1.73 bits per heavy atom. The number of methoxy groups -OCH3 is 1. The van der Waals surface area contributed by atoms with Crippen molar-refractivity contribution in [1.82, 2.24) is 5.32 Å². The fraction of sp³-hybridized carbons (Fsp3) is 0.217. The monoisotopic (exact) mass is 443 g/mol. The van der Waals surface area contributed by atoms with E-state index < -0.39 is 9.84 Å². The number of hydrogen-bond acceptors (Lipinski definition) is 5. The number of hydrogen-bond donors (Lipinski definition) is 1. The van der Waals surface area contributed by atoms with Crippen LogP contribution in [0.15, 0.2) is 70.5 Å². The third kappa shape index (κ3) is 4.31. The van der Waals surface area contributed by atoms with Crippen molar-refractivity contribution < 1.29 is 17.9 Å². The predicted molar refractivity (Wildman–Crippen MR) is 116 cm³/mol. The Kier molecular flexibility index (Phi) is 5.99. The number of nitrogens with one attached hydrogen (secondary N) is 1. The van der Waals surface area contributed by atoms with Gasteiger partial charge in [-0.2, -0.15) is 0 Å². The summed E-state index contributed by atoms with van der Waals surface area (Å²) in [6.07, 6.45) is 0.855. The first-order chi connectivity index (χ1) is 14.5. The summed E-state index contributed by atoms with van der Waals surface area (Å²) in [5.41, 5.74) is 2.98. The SMILES string of the molecule is COc1cc2c(cc1S(=O)(=O)c1ccc(COc3ccc(Cl)cc3)cc1)CNCC2. The molecule has 0 atom stereocenters. The van der Waals surface area contributed by atoms with Crippen LogP contribution in [0, 0.1) is 0 Å². The van der Waals surface area contributed by atoms with Crippen LogP contribution in [0.1, 0.15) is 16.7 Å². The number of sulfone groups is 1. The molecule has 5 nitrogen and oxygen atoms in total. The second-order valence-electron chi connectivity index (χ2n) is 7.09. The van der Waals surface area contributed by atoms with Crippen LogP contribution >= 0.6 is 11.6 Å². The maximum Gasteiger partial charge on any atom is 0.210 e. The molecule has 30 heavy (non-hydrogen) atoms. The average Bonchev–Trinajstić information content (AvgIpc) is 2.78. The summed E-state index contributed by atoms with van der Waals surface area (Å²) >= 11 is 5.88. The van der Waals surface area contributed by atoms with E-state index in [1.54, 1.807) is 54.6 Å². The highest BCUT2D eigenvalue weighted by molar-refractivity contribution is 7.91. The summed E-state index contributed by atoms with van der Waals surface area (Å²) in [4.78, 5) is 0.414. The van der Waals surface area contributed by atoms with Crippen LogP contribution in [0.2, 0.25) is 5.02 Å². The summed E-state index contributed by atoms with van der Waals surface area (Å²) < 4.78 is 37.7. The Morgan fingerprint density at radius 3 is 2.43 bits per heavy atom. The van der Waals surface area contributed by atoms with E-state index in [1.807, 2.05) is 6.07 Å². The zero-order chi connectivity index (χ0) is 21.1. The summed E-state index contributed by atoms with van der Waals surface area (Å²) in [6.45, 7) is 1.86. The maximum absolute atomic E-state index is 13.3. The lowest BCUT2D eigenvalue weighted by atomic mass is 10.0. The van der Waals surface area contributed by atoms with Crippen molar-refractivity contribution in [3.63, 3.8) is 0 Å². The van der Waals surface area contributed by atoms with Crippen LogP contribution in [0.25, 0.3) is 0 Å². The van der Waals surface area contributed by atoms with Crippen LogP contribution in [0.5, 0.6) is 11.5 Å². The molecule has 0 spiro atoms. The van der Waals surface area contributed by atoms with Crippen molar-refractivity contribution in [3.05, 3.63) is 82.4 Å². The summed E-state index contributed by atoms with van der Waals surface area (Å²) in [6, 6.07) is 17.4. The first kappa shape index (κ1) is 20.7. The Bertz CT molecular complexity index is 1140. The molecule has 156 valence electrons. The number of benzene rings is 3. The number of rotatable bonds is 6. The van der Waals surface area contributed by atoms with Gasteiger partial charge in [0.1, 0.15) is 23.0 Å². The molecule has 0 saturated heterocycles. The topological polar surface area (TPSA) is 64.6 Å². The molecular weight excluding hydrogens is 422 g/mol. The lowest BCUT2D eigenvalue weighted by molar-refractivity contribution is 0.306. The molecular formula is C23H22ClNO4S. The lowest BCUT2D eigenvalue weighted by Gasteiger charge is -2.20. The Labute approximate surface area is 181 Å². The number of halogens is 1. The quantitative estimate of drug-likeness (QED) is 0.611. The molecule has 0 aromatic heterocycles. The third-order valence-electron chi connectivity index (χ3n) is 5.11. The van der Waals surface area contributed by atoms with Crippen molar-refractivity contribution in [2.75, 3.05) is 13.7 Å². The zero-order valence-corrected chi connectivity index (χ0v) is 18.1. The lowest BCUT2D eigenvalue weighted by Crippen LogP contribution is -2.24. The van der Waals surface area contributed by atoms with Crippen LogP contribution in [-0.4, -0.2) is 22.1 Å². The number of fused-ring (bicyclic) bond motifs is 1. The van der Waals surface area contributed by atoms with Crippen molar-refractivity contribution in [1.29, 1.82) is 0 Å². The zero-order valence-electron chi connectivity index (χ0n) is 16.5. The summed E-state index contributed by atoms with van der Waals surface area (Å²) in [5, 5.41) is 3.92. The molecule has 0 bridgehead atoms. The molecule has 0 fully saturated rings. The molecule has 1 heterocycles. The van der Waals surface area contributed by atoms with Crippen molar-refractivity contribution in [2.45, 2.75) is 29.4 Å². The van der Waals surface area contributed by atoms with Gasteiger partial charge < -0.3 is 14.8 Å². The van der Waals surface area contributed by atoms with Gasteiger partial charge in [0.2, 0.25) is 9.84 Å². The molecule has 4 rings (SSSR count). The van der Waals surface area contributed by atoms with Crippen LogP contribution in [0.3, 0.4) is 0 Å². The minimum atomic E-state index is -3.71. The largest absolute Gasteiger partial charge is 0.495 e. The van der Waals surface area contributed by atoms with Crippen LogP contribution in [0.4, 0.5) is 0 Å². The van der Waals surface area contributed by atoms with E-state index in [1.165, 1.54) is 7.11 Å². The molecule has 1 aliphatic rings. The van der Waals surface area contributed by atoms with E-state index in [9.17, 15) is 8.42 Å². The van der Waals surface area contributed by atoms with Gasteiger partial charge in [-0.3, -0.25) is 0 Å². The fourth-order valence-electron chi connectivity index (χ4n) is 3.45. The van der Waals surface area contributed by atoms with Crippen molar-refractivity contribution >= 4 is 21.4 Å². The highest BCUT2D eigenvalue weighted by Crippen LogP contribution is 2.33. The minimum absolute atomic E-state index is 0.192. The summed E-state index contributed by atoms with van der Waals surface area (Å²) in [5.74, 6) is 1.08. The van der Waals surface area contributed by atoms with E-state index in [0.29, 0.717) is 29.7 Å². The minimum Gasteiger partial charge on any atom is -0.495 e. The Morgan fingerprint density at radius 1 is 1.00 bits per heavy atom. The highest BCUT2D eigenvalue weighted by atomic mass is 35.5. The van der Waals surface area contributed by atoms with Crippen molar-refractivity contribution in [3.8, 4) is 11.5 Å². The first-order valence-electron chi connectivity index (χ1n) is 9.60. The van der Waals surface area contributed by atoms with Gasteiger partial charge in [-0.1, -0.05) is 23.7 Å². The smallest absolute Gasteiger partial charge is 0.210 e. The van der Waals surface area contributed by atoms with Gasteiger partial charge in [0, 0.05) is 11.6 Å². The van der Waals surface area contributed by atoms with Crippen LogP contribution in [-0.2, 0) is 29.4 Å². The van der Waals surface area contributed by atoms with Gasteiger partial charge in [-0.05, 0) is 78.2 Å². The third-order valence-corrected chi connectivity index (χ3v) is 7.16. The predicted octanol–water partition coefficient (Wildman–Crippen LogP) is 4.41. The Hall–Kier alpha value is -2.54. The standard InChI is InChI=1S/C23H22ClNO4S/c1-28-22-12-17-10-11-25-14-18(17)13-23(22)30(26,27)21-8-2-16(3-9-21)15-29-20-6-4-19(24)5-7-20/h2-9,12-13,25H,10-11,14-15H2,1H3. The average molecular weight is 444 g/mol. The molecule has 7 heteroatoms. The van der Waals surface area contributed by atoms with E-state index in [-0.39, 0.29) is 9.79 Å². The van der Waals surface area contributed by atoms with Gasteiger partial charge in [0.15, 0.2) is 0 Å². The molecule has 0 unspecified atom stereocenters. The van der Waals surface area contributed by atoms with Gasteiger partial charge >= 0.3 is 0 Å². The second kappa shape index (κ2) is 8.68. The molecule has 1 N–H and O–H groups in total. The molecule has 0 amide bonds. The molecule has 1 aliphatic heterocycles. The van der Waals surface area contributed by atoms with Crippen LogP contribution < -0.4 is 14.8 Å². The molecule has 0 aliphatic carbocycles. The van der Waals surface area contributed by atoms with E-state index in [4.69, 9.17) is 21.1 Å². The van der Waals surface area contributed by atoms with Gasteiger partial charge in [0.25, 0.3) is 0 Å². The second-order valence-corrected chi connectivity index (χ2v) is 9.44. The van der Waals surface area contributed by atoms with E-state index >= 15 is 0 Å². The molecule has 3 aromatic rings. The number of ether oxygens (including phenoxy) is 2. The molecule has 0 saturated carbocycles. The van der Waals surface area contributed by atoms with Gasteiger partial charge in [-0.15, -0.1) is 0 Å². The molecule has 0 radical (unpaired) electrons. The summed E-state index contributed by atoms with van der Waals surface area (Å²) in [7, 11) is -2.21. The normalized spacial score (nSPS) is 13.5. The van der Waals surface area contributed by atoms with E-state index in [2.05, 4.69) is 5.32 Å². The van der Waals surface area contributed by atoms with Crippen molar-refractivity contribution in [2.24, 2.45) is 0 Å². The maximum atomic E-state index is 13.3. The van der Waals surface area contributed by atoms with E-state index in [0.717, 1.165) is 29.7 Å². The fourth-order valence-corrected chi connectivity index (χ4v) is 5.03. The van der Waals surface area contributed by atoms with Gasteiger partial charge in [0.05, 0.1) is 12.0 Å². The Balaban J connectivity index is 1.56.